The molecule has 170 valence electrons. The Hall–Kier alpha value is -2.44. The molecule has 0 saturated carbocycles. The van der Waals surface area contributed by atoms with Crippen LogP contribution in [0.15, 0.2) is 40.8 Å². The van der Waals surface area contributed by atoms with Gasteiger partial charge in [0.2, 0.25) is 5.89 Å². The van der Waals surface area contributed by atoms with Crippen molar-refractivity contribution < 1.29 is 13.9 Å². The van der Waals surface area contributed by atoms with Crippen LogP contribution >= 0.6 is 46.4 Å². The summed E-state index contributed by atoms with van der Waals surface area (Å²) in [5.74, 6) is 0.269. The van der Waals surface area contributed by atoms with Gasteiger partial charge in [-0.3, -0.25) is 4.79 Å². The lowest BCUT2D eigenvalue weighted by molar-refractivity contribution is -0.118. The number of carbonyl (C=O) groups is 1. The lowest BCUT2D eigenvalue weighted by atomic mass is 10.1. The van der Waals surface area contributed by atoms with Gasteiger partial charge in [0.25, 0.3) is 5.91 Å². The number of nitrogens with one attached hydrogen (secondary N) is 1. The van der Waals surface area contributed by atoms with Crippen molar-refractivity contribution in [1.29, 1.82) is 0 Å². The van der Waals surface area contributed by atoms with E-state index in [0.29, 0.717) is 49.4 Å². The first-order chi connectivity index (χ1) is 15.7. The third-order valence-electron chi connectivity index (χ3n) is 5.17. The zero-order chi connectivity index (χ0) is 23.9. The smallest absolute Gasteiger partial charge is 0.262 e. The number of amides is 1. The quantitative estimate of drug-likeness (QED) is 0.287. The van der Waals surface area contributed by atoms with Crippen molar-refractivity contribution in [2.45, 2.75) is 20.8 Å². The summed E-state index contributed by atoms with van der Waals surface area (Å²) in [5.41, 5.74) is 4.72. The van der Waals surface area contributed by atoms with E-state index >= 15 is 0 Å². The molecule has 4 aromatic rings. The van der Waals surface area contributed by atoms with Crippen LogP contribution in [0.1, 0.15) is 16.7 Å². The summed E-state index contributed by atoms with van der Waals surface area (Å²) in [6, 6.07) is 10.8. The molecule has 0 aliphatic rings. The van der Waals surface area contributed by atoms with Gasteiger partial charge in [-0.05, 0) is 67.8 Å². The van der Waals surface area contributed by atoms with E-state index < -0.39 is 0 Å². The van der Waals surface area contributed by atoms with Crippen molar-refractivity contribution in [2.75, 3.05) is 11.9 Å². The largest absolute Gasteiger partial charge is 0.481 e. The molecule has 1 aromatic heterocycles. The number of hydrogen-bond acceptors (Lipinski definition) is 4. The number of anilines is 1. The number of carbonyl (C=O) groups excluding carboxylic acids is 1. The molecular weight excluding hydrogens is 506 g/mol. The molecule has 1 heterocycles. The summed E-state index contributed by atoms with van der Waals surface area (Å²) in [5, 5.41) is 4.44. The number of oxazole rings is 1. The SMILES string of the molecule is Cc1ccc(-c2nc3cc(Cl)ccc3o2)cc1NC(=O)COc1c(Cl)c(C)c(Cl)c(C)c1Cl. The summed E-state index contributed by atoms with van der Waals surface area (Å²) in [7, 11) is 0. The van der Waals surface area contributed by atoms with Crippen molar-refractivity contribution >= 4 is 69.1 Å². The Labute approximate surface area is 210 Å². The molecule has 9 heteroatoms. The van der Waals surface area contributed by atoms with E-state index in [1.54, 1.807) is 38.1 Å². The Balaban J connectivity index is 1.53. The Kier molecular flexibility index (Phi) is 6.78. The number of benzene rings is 3. The second-order valence-electron chi connectivity index (χ2n) is 7.52. The Morgan fingerprint density at radius 2 is 1.67 bits per heavy atom. The van der Waals surface area contributed by atoms with Gasteiger partial charge >= 0.3 is 0 Å². The van der Waals surface area contributed by atoms with Crippen LogP contribution in [0.25, 0.3) is 22.6 Å². The lowest BCUT2D eigenvalue weighted by Crippen LogP contribution is -2.21. The topological polar surface area (TPSA) is 64.4 Å². The standard InChI is InChI=1S/C24H18Cl4N2O3/c1-11-4-5-14(24-30-17-9-15(25)6-7-18(17)33-24)8-16(11)29-19(31)10-32-23-21(27)12(2)20(26)13(3)22(23)28/h4-9H,10H2,1-3H3,(H,29,31). The van der Waals surface area contributed by atoms with E-state index in [9.17, 15) is 4.79 Å². The maximum atomic E-state index is 12.6. The molecule has 0 aliphatic heterocycles. The van der Waals surface area contributed by atoms with Crippen LogP contribution < -0.4 is 10.1 Å². The summed E-state index contributed by atoms with van der Waals surface area (Å²) >= 11 is 24.9. The van der Waals surface area contributed by atoms with Crippen molar-refractivity contribution in [1.82, 2.24) is 4.98 Å². The molecule has 4 rings (SSSR count). The molecular formula is C24H18Cl4N2O3. The second-order valence-corrected chi connectivity index (χ2v) is 9.09. The Morgan fingerprint density at radius 3 is 2.36 bits per heavy atom. The van der Waals surface area contributed by atoms with Crippen molar-refractivity contribution in [2.24, 2.45) is 0 Å². The molecule has 0 unspecified atom stereocenters. The molecule has 0 spiro atoms. The monoisotopic (exact) mass is 522 g/mol. The first-order valence-corrected chi connectivity index (χ1v) is 11.4. The second kappa shape index (κ2) is 9.43. The number of aromatic nitrogens is 1. The molecule has 33 heavy (non-hydrogen) atoms. The minimum atomic E-state index is -0.378. The molecule has 0 bridgehead atoms. The average molecular weight is 524 g/mol. The summed E-state index contributed by atoms with van der Waals surface area (Å²) in [6.45, 7) is 5.11. The minimum absolute atomic E-state index is 0.225. The first kappa shape index (κ1) is 23.7. The maximum absolute atomic E-state index is 12.6. The van der Waals surface area contributed by atoms with Crippen LogP contribution in [-0.2, 0) is 4.79 Å². The van der Waals surface area contributed by atoms with Gasteiger partial charge in [0.1, 0.15) is 5.52 Å². The number of rotatable bonds is 5. The third kappa shape index (κ3) is 4.78. The van der Waals surface area contributed by atoms with Crippen molar-refractivity contribution in [3.63, 3.8) is 0 Å². The van der Waals surface area contributed by atoms with Crippen LogP contribution in [0.3, 0.4) is 0 Å². The molecule has 0 saturated heterocycles. The van der Waals surface area contributed by atoms with Crippen LogP contribution in [0.2, 0.25) is 20.1 Å². The van der Waals surface area contributed by atoms with Crippen molar-refractivity contribution in [3.8, 4) is 17.2 Å². The highest BCUT2D eigenvalue weighted by Gasteiger charge is 2.19. The van der Waals surface area contributed by atoms with E-state index in [4.69, 9.17) is 55.6 Å². The van der Waals surface area contributed by atoms with Crippen LogP contribution in [0.4, 0.5) is 5.69 Å². The minimum Gasteiger partial charge on any atom is -0.481 e. The van der Waals surface area contributed by atoms with Crippen LogP contribution in [-0.4, -0.2) is 17.5 Å². The van der Waals surface area contributed by atoms with Gasteiger partial charge in [0.15, 0.2) is 17.9 Å². The van der Waals surface area contributed by atoms with Crippen molar-refractivity contribution in [3.05, 3.63) is 73.2 Å². The van der Waals surface area contributed by atoms with Gasteiger partial charge in [0.05, 0.1) is 10.0 Å². The van der Waals surface area contributed by atoms with Gasteiger partial charge in [-0.1, -0.05) is 52.5 Å². The zero-order valence-corrected chi connectivity index (χ0v) is 20.9. The number of nitrogens with zero attached hydrogens (tertiary/aromatic N) is 1. The normalized spacial score (nSPS) is 11.1. The number of hydrogen-bond donors (Lipinski definition) is 1. The molecule has 3 aromatic carbocycles. The highest BCUT2D eigenvalue weighted by molar-refractivity contribution is 6.42. The first-order valence-electron chi connectivity index (χ1n) is 9.89. The van der Waals surface area contributed by atoms with Gasteiger partial charge in [-0.2, -0.15) is 0 Å². The summed E-state index contributed by atoms with van der Waals surface area (Å²) < 4.78 is 11.5. The van der Waals surface area contributed by atoms with Gasteiger partial charge < -0.3 is 14.5 Å². The van der Waals surface area contributed by atoms with Crippen LogP contribution in [0, 0.1) is 20.8 Å². The maximum Gasteiger partial charge on any atom is 0.262 e. The van der Waals surface area contributed by atoms with E-state index in [0.717, 1.165) is 5.56 Å². The number of fused-ring (bicyclic) bond motifs is 1. The molecule has 0 fully saturated rings. The number of aryl methyl sites for hydroxylation is 1. The van der Waals surface area contributed by atoms with E-state index in [2.05, 4.69) is 10.3 Å². The Morgan fingerprint density at radius 1 is 0.970 bits per heavy atom. The summed E-state index contributed by atoms with van der Waals surface area (Å²) in [6.07, 6.45) is 0. The number of ether oxygens (including phenoxy) is 1. The zero-order valence-electron chi connectivity index (χ0n) is 17.9. The Bertz CT molecular complexity index is 1370. The highest BCUT2D eigenvalue weighted by atomic mass is 35.5. The average Bonchev–Trinajstić information content (AvgIpc) is 3.21. The highest BCUT2D eigenvalue weighted by Crippen LogP contribution is 2.42. The van der Waals surface area contributed by atoms with E-state index in [1.807, 2.05) is 19.1 Å². The fourth-order valence-electron chi connectivity index (χ4n) is 3.28. The third-order valence-corrected chi connectivity index (χ3v) is 6.88. The van der Waals surface area contributed by atoms with Gasteiger partial charge in [-0.15, -0.1) is 0 Å². The molecule has 1 amide bonds. The number of halogens is 4. The predicted molar refractivity (Wildman–Crippen MR) is 134 cm³/mol. The fraction of sp³-hybridized carbons (Fsp3) is 0.167. The molecule has 1 N–H and O–H groups in total. The van der Waals surface area contributed by atoms with E-state index in [1.165, 1.54) is 0 Å². The van der Waals surface area contributed by atoms with E-state index in [-0.39, 0.29) is 28.3 Å². The molecule has 5 nitrogen and oxygen atoms in total. The molecule has 0 aliphatic carbocycles. The predicted octanol–water partition coefficient (Wildman–Crippen LogP) is 8.05. The molecule has 0 atom stereocenters. The summed E-state index contributed by atoms with van der Waals surface area (Å²) in [4.78, 5) is 17.1. The van der Waals surface area contributed by atoms with Crippen LogP contribution in [0.5, 0.6) is 5.75 Å². The lowest BCUT2D eigenvalue weighted by Gasteiger charge is -2.16. The van der Waals surface area contributed by atoms with Gasteiger partial charge in [-0.25, -0.2) is 4.98 Å². The fourth-order valence-corrected chi connectivity index (χ4v) is 4.26. The molecule has 0 radical (unpaired) electrons. The van der Waals surface area contributed by atoms with Gasteiger partial charge in [0, 0.05) is 21.3 Å².